The lowest BCUT2D eigenvalue weighted by atomic mass is 10.1. The molecule has 0 heterocycles. The van der Waals surface area contributed by atoms with Crippen LogP contribution in [-0.2, 0) is 21.2 Å². The summed E-state index contributed by atoms with van der Waals surface area (Å²) < 4.78 is 25.4. The monoisotopic (exact) mass is 403 g/mol. The SMILES string of the molecule is CCCc1ccc(NC(=O)CNC(=O)c2cccc(S(=O)(=O)N(C)C)c2)cc1. The van der Waals surface area contributed by atoms with Crippen molar-refractivity contribution in [1.29, 1.82) is 0 Å². The predicted molar refractivity (Wildman–Crippen MR) is 109 cm³/mol. The van der Waals surface area contributed by atoms with Crippen LogP contribution < -0.4 is 10.6 Å². The van der Waals surface area contributed by atoms with Gasteiger partial charge in [-0.25, -0.2) is 12.7 Å². The molecule has 28 heavy (non-hydrogen) atoms. The zero-order valence-corrected chi connectivity index (χ0v) is 17.0. The highest BCUT2D eigenvalue weighted by Gasteiger charge is 2.19. The molecule has 0 atom stereocenters. The molecule has 2 aromatic carbocycles. The number of benzene rings is 2. The summed E-state index contributed by atoms with van der Waals surface area (Å²) in [5.74, 6) is -0.891. The van der Waals surface area contributed by atoms with E-state index in [1.807, 2.05) is 24.3 Å². The normalized spacial score (nSPS) is 11.3. The van der Waals surface area contributed by atoms with Gasteiger partial charge in [-0.3, -0.25) is 9.59 Å². The van der Waals surface area contributed by atoms with E-state index in [0.29, 0.717) is 5.69 Å². The van der Waals surface area contributed by atoms with E-state index >= 15 is 0 Å². The highest BCUT2D eigenvalue weighted by atomic mass is 32.2. The number of anilines is 1. The van der Waals surface area contributed by atoms with E-state index in [1.165, 1.54) is 43.9 Å². The van der Waals surface area contributed by atoms with Crippen LogP contribution in [0.5, 0.6) is 0 Å². The van der Waals surface area contributed by atoms with Crippen LogP contribution >= 0.6 is 0 Å². The van der Waals surface area contributed by atoms with Crippen LogP contribution in [0.1, 0.15) is 29.3 Å². The number of amides is 2. The second-order valence-corrected chi connectivity index (χ2v) is 8.64. The molecule has 150 valence electrons. The van der Waals surface area contributed by atoms with Crippen molar-refractivity contribution < 1.29 is 18.0 Å². The highest BCUT2D eigenvalue weighted by Crippen LogP contribution is 2.15. The zero-order valence-electron chi connectivity index (χ0n) is 16.2. The number of nitrogens with zero attached hydrogens (tertiary/aromatic N) is 1. The summed E-state index contributed by atoms with van der Waals surface area (Å²) in [6, 6.07) is 13.2. The quantitative estimate of drug-likeness (QED) is 0.707. The predicted octanol–water partition coefficient (Wildman–Crippen LogP) is 2.26. The Morgan fingerprint density at radius 2 is 1.71 bits per heavy atom. The van der Waals surface area contributed by atoms with Gasteiger partial charge in [-0.2, -0.15) is 0 Å². The third-order valence-corrected chi connectivity index (χ3v) is 5.87. The lowest BCUT2D eigenvalue weighted by Gasteiger charge is -2.12. The largest absolute Gasteiger partial charge is 0.343 e. The van der Waals surface area contributed by atoms with Crippen LogP contribution in [0, 0.1) is 0 Å². The lowest BCUT2D eigenvalue weighted by Crippen LogP contribution is -2.33. The minimum absolute atomic E-state index is 0.0155. The highest BCUT2D eigenvalue weighted by molar-refractivity contribution is 7.89. The second kappa shape index (κ2) is 9.48. The van der Waals surface area contributed by atoms with E-state index in [1.54, 1.807) is 0 Å². The van der Waals surface area contributed by atoms with E-state index in [2.05, 4.69) is 17.6 Å². The average molecular weight is 404 g/mol. The standard InChI is InChI=1S/C20H25N3O4S/c1-4-6-15-9-11-17(12-10-15)22-19(24)14-21-20(25)16-7-5-8-18(13-16)28(26,27)23(2)3/h5,7-13H,4,6,14H2,1-3H3,(H,21,25)(H,22,24). The molecule has 7 nitrogen and oxygen atoms in total. The molecule has 0 aliphatic rings. The Kier molecular flexibility index (Phi) is 7.31. The molecule has 0 saturated heterocycles. The Hall–Kier alpha value is -2.71. The summed E-state index contributed by atoms with van der Waals surface area (Å²) in [6.45, 7) is 1.88. The van der Waals surface area contributed by atoms with Gasteiger partial charge in [0.2, 0.25) is 15.9 Å². The molecule has 2 aromatic rings. The zero-order chi connectivity index (χ0) is 20.7. The van der Waals surface area contributed by atoms with Crippen LogP contribution in [0.25, 0.3) is 0 Å². The van der Waals surface area contributed by atoms with Crippen LogP contribution in [-0.4, -0.2) is 45.2 Å². The van der Waals surface area contributed by atoms with Gasteiger partial charge in [0.05, 0.1) is 11.4 Å². The van der Waals surface area contributed by atoms with Crippen molar-refractivity contribution in [3.63, 3.8) is 0 Å². The van der Waals surface area contributed by atoms with Crippen molar-refractivity contribution in [2.24, 2.45) is 0 Å². The third-order valence-electron chi connectivity index (χ3n) is 4.06. The van der Waals surface area contributed by atoms with Crippen LogP contribution in [0.4, 0.5) is 5.69 Å². The molecule has 0 unspecified atom stereocenters. The topological polar surface area (TPSA) is 95.6 Å². The van der Waals surface area contributed by atoms with Crippen molar-refractivity contribution in [1.82, 2.24) is 9.62 Å². The van der Waals surface area contributed by atoms with E-state index in [4.69, 9.17) is 0 Å². The average Bonchev–Trinajstić information content (AvgIpc) is 2.68. The van der Waals surface area contributed by atoms with Crippen LogP contribution in [0.3, 0.4) is 0 Å². The molecule has 8 heteroatoms. The van der Waals surface area contributed by atoms with E-state index in [-0.39, 0.29) is 22.9 Å². The molecule has 0 aliphatic heterocycles. The van der Waals surface area contributed by atoms with Crippen LogP contribution in [0.15, 0.2) is 53.4 Å². The summed E-state index contributed by atoms with van der Waals surface area (Å²) in [4.78, 5) is 24.3. The van der Waals surface area contributed by atoms with Crippen molar-refractivity contribution >= 4 is 27.5 Å². The molecule has 0 saturated carbocycles. The van der Waals surface area contributed by atoms with Crippen molar-refractivity contribution in [2.45, 2.75) is 24.7 Å². The minimum atomic E-state index is -3.64. The maximum Gasteiger partial charge on any atom is 0.251 e. The number of hydrogen-bond acceptors (Lipinski definition) is 4. The summed E-state index contributed by atoms with van der Waals surface area (Å²) in [5.41, 5.74) is 2.01. The number of aryl methyl sites for hydroxylation is 1. The first-order valence-electron chi connectivity index (χ1n) is 8.93. The van der Waals surface area contributed by atoms with Crippen molar-refractivity contribution in [3.05, 3.63) is 59.7 Å². The number of nitrogens with one attached hydrogen (secondary N) is 2. The third kappa shape index (κ3) is 5.64. The van der Waals surface area contributed by atoms with Gasteiger partial charge >= 0.3 is 0 Å². The number of hydrogen-bond donors (Lipinski definition) is 2. The van der Waals surface area contributed by atoms with Gasteiger partial charge in [0.1, 0.15) is 0 Å². The number of carbonyl (C=O) groups is 2. The van der Waals surface area contributed by atoms with Crippen molar-refractivity contribution in [3.8, 4) is 0 Å². The molecule has 0 fully saturated rings. The summed E-state index contributed by atoms with van der Waals surface area (Å²) in [6.07, 6.45) is 2.03. The maximum atomic E-state index is 12.3. The summed E-state index contributed by atoms with van der Waals surface area (Å²) in [7, 11) is -0.803. The summed E-state index contributed by atoms with van der Waals surface area (Å²) in [5, 5.41) is 5.21. The maximum absolute atomic E-state index is 12.3. The first kappa shape index (κ1) is 21.6. The Labute approximate surface area is 165 Å². The van der Waals surface area contributed by atoms with Gasteiger partial charge in [0.25, 0.3) is 5.91 Å². The first-order chi connectivity index (χ1) is 13.2. The fourth-order valence-electron chi connectivity index (χ4n) is 2.52. The second-order valence-electron chi connectivity index (χ2n) is 6.49. The van der Waals surface area contributed by atoms with Gasteiger partial charge in [-0.05, 0) is 42.3 Å². The van der Waals surface area contributed by atoms with Gasteiger partial charge < -0.3 is 10.6 Å². The van der Waals surface area contributed by atoms with Crippen molar-refractivity contribution in [2.75, 3.05) is 26.0 Å². The fourth-order valence-corrected chi connectivity index (χ4v) is 3.47. The van der Waals surface area contributed by atoms with Gasteiger partial charge in [-0.1, -0.05) is 31.5 Å². The molecule has 0 aliphatic carbocycles. The molecule has 2 N–H and O–H groups in total. The Morgan fingerprint density at radius 3 is 2.32 bits per heavy atom. The van der Waals surface area contributed by atoms with Crippen LogP contribution in [0.2, 0.25) is 0 Å². The molecule has 0 bridgehead atoms. The summed E-state index contributed by atoms with van der Waals surface area (Å²) >= 11 is 0. The Morgan fingerprint density at radius 1 is 1.04 bits per heavy atom. The smallest absolute Gasteiger partial charge is 0.251 e. The van der Waals surface area contributed by atoms with E-state index < -0.39 is 15.9 Å². The van der Waals surface area contributed by atoms with Gasteiger partial charge in [-0.15, -0.1) is 0 Å². The molecule has 2 amide bonds. The molecular weight excluding hydrogens is 378 g/mol. The van der Waals surface area contributed by atoms with E-state index in [9.17, 15) is 18.0 Å². The molecule has 0 radical (unpaired) electrons. The number of sulfonamides is 1. The Bertz CT molecular complexity index is 938. The fraction of sp³-hybridized carbons (Fsp3) is 0.300. The Balaban J connectivity index is 1.95. The lowest BCUT2D eigenvalue weighted by molar-refractivity contribution is -0.115. The van der Waals surface area contributed by atoms with Gasteiger partial charge in [0.15, 0.2) is 0 Å². The molecule has 0 spiro atoms. The minimum Gasteiger partial charge on any atom is -0.343 e. The van der Waals surface area contributed by atoms with E-state index in [0.717, 1.165) is 17.1 Å². The van der Waals surface area contributed by atoms with Gasteiger partial charge in [0, 0.05) is 25.3 Å². The molecule has 0 aromatic heterocycles. The first-order valence-corrected chi connectivity index (χ1v) is 10.4. The molecular formula is C20H25N3O4S. The number of carbonyl (C=O) groups excluding carboxylic acids is 2. The number of rotatable bonds is 8. The molecule has 2 rings (SSSR count).